The number of thioether (sulfide) groups is 1. The van der Waals surface area contributed by atoms with Gasteiger partial charge in [0.05, 0.1) is 6.61 Å². The van der Waals surface area contributed by atoms with Gasteiger partial charge in [-0.3, -0.25) is 4.79 Å². The highest BCUT2D eigenvalue weighted by molar-refractivity contribution is 7.99. The Bertz CT molecular complexity index is 362. The summed E-state index contributed by atoms with van der Waals surface area (Å²) in [5.74, 6) is 1.42. The van der Waals surface area contributed by atoms with E-state index in [-0.39, 0.29) is 12.5 Å². The van der Waals surface area contributed by atoms with E-state index in [4.69, 9.17) is 5.11 Å². The molecule has 4 heteroatoms. The van der Waals surface area contributed by atoms with E-state index in [1.165, 1.54) is 0 Å². The Kier molecular flexibility index (Phi) is 6.43. The molecule has 0 heterocycles. The summed E-state index contributed by atoms with van der Waals surface area (Å²) in [6.45, 7) is 3.83. The molecule has 0 atom stereocenters. The van der Waals surface area contributed by atoms with Crippen molar-refractivity contribution in [2.75, 3.05) is 23.4 Å². The summed E-state index contributed by atoms with van der Waals surface area (Å²) in [6.07, 6.45) is 2.23. The van der Waals surface area contributed by atoms with Crippen molar-refractivity contribution < 1.29 is 9.90 Å². The highest BCUT2D eigenvalue weighted by Crippen LogP contribution is 2.11. The molecular formula is C13H17NO2S. The Morgan fingerprint density at radius 2 is 2.06 bits per heavy atom. The second-order valence-electron chi connectivity index (χ2n) is 3.46. The first-order valence-electron chi connectivity index (χ1n) is 5.47. The van der Waals surface area contributed by atoms with Crippen LogP contribution in [-0.2, 0) is 4.79 Å². The molecule has 0 aliphatic carbocycles. The van der Waals surface area contributed by atoms with Crippen LogP contribution in [0, 0.1) is 0 Å². The van der Waals surface area contributed by atoms with Gasteiger partial charge in [-0.05, 0) is 17.7 Å². The number of hydrogen-bond acceptors (Lipinski definition) is 3. The zero-order valence-electron chi connectivity index (χ0n) is 9.69. The molecule has 1 amide bonds. The van der Waals surface area contributed by atoms with Gasteiger partial charge in [-0.2, -0.15) is 11.8 Å². The van der Waals surface area contributed by atoms with Gasteiger partial charge in [0, 0.05) is 23.6 Å². The van der Waals surface area contributed by atoms with Crippen molar-refractivity contribution in [3.8, 4) is 0 Å². The van der Waals surface area contributed by atoms with Crippen LogP contribution in [-0.4, -0.2) is 29.1 Å². The molecule has 1 aromatic rings. The van der Waals surface area contributed by atoms with E-state index in [1.807, 2.05) is 24.3 Å². The smallest absolute Gasteiger partial charge is 0.225 e. The molecule has 3 nitrogen and oxygen atoms in total. The van der Waals surface area contributed by atoms with Gasteiger partial charge in [0.15, 0.2) is 0 Å². The molecule has 92 valence electrons. The monoisotopic (exact) mass is 251 g/mol. The fourth-order valence-electron chi connectivity index (χ4n) is 1.26. The lowest BCUT2D eigenvalue weighted by atomic mass is 10.2. The molecule has 0 aliphatic heterocycles. The minimum Gasteiger partial charge on any atom is -0.396 e. The van der Waals surface area contributed by atoms with Crippen molar-refractivity contribution in [2.45, 2.75) is 6.42 Å². The normalized spacial score (nSPS) is 9.94. The summed E-state index contributed by atoms with van der Waals surface area (Å²) in [5, 5.41) is 11.4. The van der Waals surface area contributed by atoms with Gasteiger partial charge in [-0.15, -0.1) is 0 Å². The number of nitrogens with one attached hydrogen (secondary N) is 1. The standard InChI is InChI=1S/C13H17NO2S/c1-2-11-3-5-12(6-4-11)14-13(16)7-9-17-10-8-15/h2-6,15H,1,7-10H2,(H,14,16). The number of aliphatic hydroxyl groups is 1. The first-order valence-corrected chi connectivity index (χ1v) is 6.62. The quantitative estimate of drug-likeness (QED) is 0.732. The van der Waals surface area contributed by atoms with Crippen LogP contribution in [0.5, 0.6) is 0 Å². The highest BCUT2D eigenvalue weighted by atomic mass is 32.2. The molecule has 0 radical (unpaired) electrons. The summed E-state index contributed by atoms with van der Waals surface area (Å²) in [7, 11) is 0. The third kappa shape index (κ3) is 5.56. The van der Waals surface area contributed by atoms with E-state index in [1.54, 1.807) is 17.8 Å². The molecule has 0 aliphatic rings. The van der Waals surface area contributed by atoms with E-state index < -0.39 is 0 Å². The van der Waals surface area contributed by atoms with Gasteiger partial charge < -0.3 is 10.4 Å². The number of benzene rings is 1. The first-order chi connectivity index (χ1) is 8.26. The molecule has 0 aromatic heterocycles. The zero-order valence-corrected chi connectivity index (χ0v) is 10.5. The first kappa shape index (κ1) is 13.8. The molecule has 1 rings (SSSR count). The number of aliphatic hydroxyl groups excluding tert-OH is 1. The van der Waals surface area contributed by atoms with Crippen LogP contribution in [0.1, 0.15) is 12.0 Å². The van der Waals surface area contributed by atoms with Crippen molar-refractivity contribution >= 4 is 29.4 Å². The number of rotatable bonds is 7. The van der Waals surface area contributed by atoms with E-state index >= 15 is 0 Å². The summed E-state index contributed by atoms with van der Waals surface area (Å²) < 4.78 is 0. The van der Waals surface area contributed by atoms with Crippen LogP contribution in [0.4, 0.5) is 5.69 Å². The zero-order chi connectivity index (χ0) is 12.5. The summed E-state index contributed by atoms with van der Waals surface area (Å²) >= 11 is 1.57. The summed E-state index contributed by atoms with van der Waals surface area (Å²) in [4.78, 5) is 11.5. The Balaban J connectivity index is 2.32. The maximum atomic E-state index is 11.5. The molecule has 17 heavy (non-hydrogen) atoms. The summed E-state index contributed by atoms with van der Waals surface area (Å²) in [6, 6.07) is 7.53. The van der Waals surface area contributed by atoms with Gasteiger partial charge in [0.1, 0.15) is 0 Å². The average Bonchev–Trinajstić information content (AvgIpc) is 2.36. The number of amides is 1. The van der Waals surface area contributed by atoms with Crippen LogP contribution < -0.4 is 5.32 Å². The van der Waals surface area contributed by atoms with E-state index in [2.05, 4.69) is 11.9 Å². The van der Waals surface area contributed by atoms with Crippen LogP contribution in [0.15, 0.2) is 30.8 Å². The largest absolute Gasteiger partial charge is 0.396 e. The fraction of sp³-hybridized carbons (Fsp3) is 0.308. The van der Waals surface area contributed by atoms with E-state index in [0.29, 0.717) is 12.2 Å². The van der Waals surface area contributed by atoms with Gasteiger partial charge in [0.2, 0.25) is 5.91 Å². The van der Waals surface area contributed by atoms with Crippen LogP contribution in [0.3, 0.4) is 0 Å². The minimum absolute atomic E-state index is 0.00166. The predicted octanol–water partition coefficient (Wildman–Crippen LogP) is 2.38. The summed E-state index contributed by atoms with van der Waals surface area (Å²) in [5.41, 5.74) is 1.83. The van der Waals surface area contributed by atoms with Gasteiger partial charge >= 0.3 is 0 Å². The number of hydrogen-bond donors (Lipinski definition) is 2. The van der Waals surface area contributed by atoms with Crippen LogP contribution in [0.25, 0.3) is 6.08 Å². The molecular weight excluding hydrogens is 234 g/mol. The minimum atomic E-state index is 0.00166. The second kappa shape index (κ2) is 7.92. The van der Waals surface area contributed by atoms with Gasteiger partial charge in [0.25, 0.3) is 0 Å². The van der Waals surface area contributed by atoms with Crippen molar-refractivity contribution in [3.05, 3.63) is 36.4 Å². The Morgan fingerprint density at radius 1 is 1.35 bits per heavy atom. The highest BCUT2D eigenvalue weighted by Gasteiger charge is 2.01. The van der Waals surface area contributed by atoms with Crippen LogP contribution in [0.2, 0.25) is 0 Å². The van der Waals surface area contributed by atoms with Crippen molar-refractivity contribution in [1.29, 1.82) is 0 Å². The van der Waals surface area contributed by atoms with E-state index in [9.17, 15) is 4.79 Å². The van der Waals surface area contributed by atoms with Crippen molar-refractivity contribution in [1.82, 2.24) is 0 Å². The van der Waals surface area contributed by atoms with Gasteiger partial charge in [-0.25, -0.2) is 0 Å². The molecule has 1 aromatic carbocycles. The Hall–Kier alpha value is -1.26. The maximum absolute atomic E-state index is 11.5. The molecule has 0 saturated heterocycles. The average molecular weight is 251 g/mol. The number of carbonyl (C=O) groups is 1. The number of anilines is 1. The van der Waals surface area contributed by atoms with Crippen molar-refractivity contribution in [2.24, 2.45) is 0 Å². The van der Waals surface area contributed by atoms with Crippen LogP contribution >= 0.6 is 11.8 Å². The Labute approximate surface area is 106 Å². The van der Waals surface area contributed by atoms with Crippen molar-refractivity contribution in [3.63, 3.8) is 0 Å². The lowest BCUT2D eigenvalue weighted by Crippen LogP contribution is -2.12. The lowest BCUT2D eigenvalue weighted by Gasteiger charge is -2.05. The third-order valence-electron chi connectivity index (χ3n) is 2.14. The fourth-order valence-corrected chi connectivity index (χ4v) is 1.92. The second-order valence-corrected chi connectivity index (χ2v) is 4.69. The predicted molar refractivity (Wildman–Crippen MR) is 74.2 cm³/mol. The third-order valence-corrected chi connectivity index (χ3v) is 3.10. The van der Waals surface area contributed by atoms with Gasteiger partial charge in [-0.1, -0.05) is 24.8 Å². The number of carbonyl (C=O) groups excluding carboxylic acids is 1. The molecule has 0 bridgehead atoms. The maximum Gasteiger partial charge on any atom is 0.225 e. The molecule has 0 saturated carbocycles. The lowest BCUT2D eigenvalue weighted by molar-refractivity contribution is -0.115. The molecule has 0 unspecified atom stereocenters. The molecule has 2 N–H and O–H groups in total. The Morgan fingerprint density at radius 3 is 2.65 bits per heavy atom. The molecule has 0 spiro atoms. The van der Waals surface area contributed by atoms with E-state index in [0.717, 1.165) is 17.0 Å². The molecule has 0 fully saturated rings. The topological polar surface area (TPSA) is 49.3 Å². The SMILES string of the molecule is C=Cc1ccc(NC(=O)CCSCCO)cc1.